The van der Waals surface area contributed by atoms with Gasteiger partial charge >= 0.3 is 0 Å². The Kier molecular flexibility index (Phi) is 4.50. The smallest absolute Gasteiger partial charge is 0.252 e. The molecule has 7 nitrogen and oxygen atoms in total. The lowest BCUT2D eigenvalue weighted by Crippen LogP contribution is -2.36. The molecule has 1 aromatic rings. The first-order valence-electron chi connectivity index (χ1n) is 7.13. The number of hydrogen-bond acceptors (Lipinski definition) is 3. The van der Waals surface area contributed by atoms with E-state index < -0.39 is 5.91 Å². The molecule has 0 fully saturated rings. The number of rotatable bonds is 3. The van der Waals surface area contributed by atoms with Crippen LogP contribution in [0, 0.1) is 5.92 Å². The second-order valence-electron chi connectivity index (χ2n) is 5.88. The molecule has 0 radical (unpaired) electrons. The Balaban J connectivity index is 2.09. The van der Waals surface area contributed by atoms with Gasteiger partial charge in [0, 0.05) is 41.3 Å². The Morgan fingerprint density at radius 2 is 2.10 bits per heavy atom. The highest BCUT2D eigenvalue weighted by Gasteiger charge is 2.24. The van der Waals surface area contributed by atoms with Crippen LogP contribution in [-0.2, 0) is 13.0 Å². The van der Waals surface area contributed by atoms with Gasteiger partial charge in [0.2, 0.25) is 0 Å². The first kappa shape index (κ1) is 15.3. The summed E-state index contributed by atoms with van der Waals surface area (Å²) in [6.45, 7) is 1.57. The molecule has 0 aliphatic carbocycles. The Bertz CT molecular complexity index is 536. The zero-order valence-corrected chi connectivity index (χ0v) is 13.2. The predicted molar refractivity (Wildman–Crippen MR) is 82.2 cm³/mol. The number of nitrogens with two attached hydrogens (primary N) is 1. The van der Waals surface area contributed by atoms with Gasteiger partial charge in [-0.2, -0.15) is 5.10 Å². The third-order valence-electron chi connectivity index (χ3n) is 3.74. The van der Waals surface area contributed by atoms with Crippen LogP contribution < -0.4 is 5.73 Å². The van der Waals surface area contributed by atoms with E-state index >= 15 is 0 Å². The number of carbonyl (C=O) groups excluding carboxylic acids is 1. The van der Waals surface area contributed by atoms with E-state index in [2.05, 4.69) is 5.10 Å². The molecule has 1 aliphatic rings. The first-order valence-corrected chi connectivity index (χ1v) is 7.13. The summed E-state index contributed by atoms with van der Waals surface area (Å²) in [5, 5.41) is 4.23. The van der Waals surface area contributed by atoms with Crippen LogP contribution in [0.25, 0.3) is 0 Å². The van der Waals surface area contributed by atoms with Crippen molar-refractivity contribution in [1.29, 1.82) is 0 Å². The Labute approximate surface area is 125 Å². The van der Waals surface area contributed by atoms with E-state index in [4.69, 9.17) is 10.7 Å². The molecule has 1 unspecified atom stereocenters. The van der Waals surface area contributed by atoms with Gasteiger partial charge in [0.25, 0.3) is 5.91 Å². The summed E-state index contributed by atoms with van der Waals surface area (Å²) >= 11 is 0. The van der Waals surface area contributed by atoms with Crippen molar-refractivity contribution in [3.8, 4) is 0 Å². The van der Waals surface area contributed by atoms with Crippen molar-refractivity contribution in [1.82, 2.24) is 19.6 Å². The predicted octanol–water partition coefficient (Wildman–Crippen LogP) is 0.0236. The summed E-state index contributed by atoms with van der Waals surface area (Å²) < 4.78 is 1.89. The number of aromatic nitrogens is 2. The third kappa shape index (κ3) is 3.34. The molecule has 0 bridgehead atoms. The number of fused-ring (bicyclic) bond motifs is 1. The first-order chi connectivity index (χ1) is 9.90. The molecule has 1 aromatic heterocycles. The average Bonchev–Trinajstić information content (AvgIpc) is 2.81. The minimum atomic E-state index is -0.400. The maximum Gasteiger partial charge on any atom is 0.252 e. The van der Waals surface area contributed by atoms with Gasteiger partial charge in [-0.3, -0.25) is 14.5 Å². The number of amides is 1. The fraction of sp³-hybridized carbons (Fsp3) is 0.643. The number of nitrogens with zero attached hydrogens (tertiary/aromatic N) is 5. The topological polar surface area (TPSA) is 79.7 Å². The van der Waals surface area contributed by atoms with Gasteiger partial charge in [-0.15, -0.1) is 0 Å². The molecule has 2 rings (SSSR count). The van der Waals surface area contributed by atoms with Gasteiger partial charge in [0.1, 0.15) is 0 Å². The van der Waals surface area contributed by atoms with E-state index in [1.165, 1.54) is 0 Å². The number of aryl methyl sites for hydroxylation is 1. The van der Waals surface area contributed by atoms with Crippen molar-refractivity contribution in [2.24, 2.45) is 16.6 Å². The monoisotopic (exact) mass is 292 g/mol. The van der Waals surface area contributed by atoms with Crippen molar-refractivity contribution in [2.75, 3.05) is 34.7 Å². The van der Waals surface area contributed by atoms with E-state index in [0.717, 1.165) is 37.6 Å². The highest BCUT2D eigenvalue weighted by atomic mass is 16.1. The van der Waals surface area contributed by atoms with Crippen LogP contribution in [0.4, 0.5) is 0 Å². The van der Waals surface area contributed by atoms with E-state index in [1.807, 2.05) is 42.7 Å². The molecule has 21 heavy (non-hydrogen) atoms. The van der Waals surface area contributed by atoms with Gasteiger partial charge in [-0.1, -0.05) is 0 Å². The molecule has 1 atom stereocenters. The molecular weight excluding hydrogens is 268 g/mol. The van der Waals surface area contributed by atoms with Crippen LogP contribution >= 0.6 is 0 Å². The summed E-state index contributed by atoms with van der Waals surface area (Å²) in [4.78, 5) is 20.1. The average molecular weight is 292 g/mol. The largest absolute Gasteiger partial charge is 0.365 e. The summed E-state index contributed by atoms with van der Waals surface area (Å²) in [6.07, 6.45) is 3.40. The summed E-state index contributed by atoms with van der Waals surface area (Å²) in [6, 6.07) is 0. The summed E-state index contributed by atoms with van der Waals surface area (Å²) in [7, 11) is 7.94. The van der Waals surface area contributed by atoms with Gasteiger partial charge < -0.3 is 15.5 Å². The van der Waals surface area contributed by atoms with Crippen LogP contribution in [0.2, 0.25) is 0 Å². The van der Waals surface area contributed by atoms with Crippen molar-refractivity contribution < 1.29 is 4.79 Å². The summed E-state index contributed by atoms with van der Waals surface area (Å²) in [5.74, 6) is 0.967. The number of primary amides is 1. The maximum atomic E-state index is 11.4. The second kappa shape index (κ2) is 6.15. The Morgan fingerprint density at radius 1 is 1.43 bits per heavy atom. The highest BCUT2D eigenvalue weighted by Crippen LogP contribution is 2.23. The zero-order valence-electron chi connectivity index (χ0n) is 13.2. The maximum absolute atomic E-state index is 11.4. The third-order valence-corrected chi connectivity index (χ3v) is 3.74. The molecule has 0 aromatic carbocycles. The molecule has 2 heterocycles. The van der Waals surface area contributed by atoms with E-state index in [0.29, 0.717) is 11.5 Å². The van der Waals surface area contributed by atoms with Crippen molar-refractivity contribution in [3.05, 3.63) is 17.5 Å². The zero-order chi connectivity index (χ0) is 15.6. The number of aliphatic imine (C=N–C) groups is 1. The van der Waals surface area contributed by atoms with Crippen molar-refractivity contribution >= 4 is 11.9 Å². The van der Waals surface area contributed by atoms with Crippen LogP contribution in [0.3, 0.4) is 0 Å². The Morgan fingerprint density at radius 3 is 2.67 bits per heavy atom. The van der Waals surface area contributed by atoms with Gasteiger partial charge in [0.05, 0.1) is 17.5 Å². The standard InChI is InChI=1S/C14H24N6O/c1-18(2)14(19(3)4)16-8-10-5-6-20-12(7-10)11(9-17-20)13(15)21/h9-10H,5-8H2,1-4H3,(H2,15,21). The molecule has 1 amide bonds. The SMILES string of the molecule is CN(C)C(=NCC1CCn2ncc(C(N)=O)c2C1)N(C)C. The molecule has 0 saturated carbocycles. The number of guanidine groups is 1. The molecule has 0 spiro atoms. The van der Waals surface area contributed by atoms with E-state index in [-0.39, 0.29) is 0 Å². The number of carbonyl (C=O) groups is 1. The molecule has 116 valence electrons. The minimum Gasteiger partial charge on any atom is -0.365 e. The Hall–Kier alpha value is -2.05. The van der Waals surface area contributed by atoms with Gasteiger partial charge in [0.15, 0.2) is 5.96 Å². The van der Waals surface area contributed by atoms with Gasteiger partial charge in [-0.25, -0.2) is 0 Å². The number of hydrogen-bond donors (Lipinski definition) is 1. The van der Waals surface area contributed by atoms with E-state index in [9.17, 15) is 4.79 Å². The van der Waals surface area contributed by atoms with Crippen molar-refractivity contribution in [3.63, 3.8) is 0 Å². The molecule has 0 saturated heterocycles. The minimum absolute atomic E-state index is 0.400. The van der Waals surface area contributed by atoms with Crippen LogP contribution in [-0.4, -0.2) is 66.2 Å². The van der Waals surface area contributed by atoms with Crippen molar-refractivity contribution in [2.45, 2.75) is 19.4 Å². The van der Waals surface area contributed by atoms with Crippen LogP contribution in [0.1, 0.15) is 22.5 Å². The van der Waals surface area contributed by atoms with Crippen LogP contribution in [0.5, 0.6) is 0 Å². The normalized spacial score (nSPS) is 17.0. The lowest BCUT2D eigenvalue weighted by atomic mass is 9.94. The lowest BCUT2D eigenvalue weighted by molar-refractivity contribution is 0.0998. The molecule has 1 aliphatic heterocycles. The lowest BCUT2D eigenvalue weighted by Gasteiger charge is -2.26. The fourth-order valence-electron chi connectivity index (χ4n) is 2.75. The van der Waals surface area contributed by atoms with Gasteiger partial charge in [-0.05, 0) is 18.8 Å². The quantitative estimate of drug-likeness (QED) is 0.629. The second-order valence-corrected chi connectivity index (χ2v) is 5.88. The highest BCUT2D eigenvalue weighted by molar-refractivity contribution is 5.93. The molecule has 7 heteroatoms. The molecule has 2 N–H and O–H groups in total. The molecular formula is C14H24N6O. The van der Waals surface area contributed by atoms with Crippen LogP contribution in [0.15, 0.2) is 11.2 Å². The fourth-order valence-corrected chi connectivity index (χ4v) is 2.75. The summed E-state index contributed by atoms with van der Waals surface area (Å²) in [5.41, 5.74) is 6.89. The van der Waals surface area contributed by atoms with E-state index in [1.54, 1.807) is 6.20 Å².